The minimum absolute atomic E-state index is 0.106. The van der Waals surface area contributed by atoms with Crippen LogP contribution in [-0.2, 0) is 10.3 Å². The summed E-state index contributed by atoms with van der Waals surface area (Å²) in [6, 6.07) is 2.41. The van der Waals surface area contributed by atoms with E-state index in [-0.39, 0.29) is 22.7 Å². The summed E-state index contributed by atoms with van der Waals surface area (Å²) in [6.45, 7) is -0.343. The largest absolute Gasteiger partial charge is 0.483 e. The monoisotopic (exact) mass is 495 g/mol. The van der Waals surface area contributed by atoms with Crippen LogP contribution in [0.2, 0.25) is 0 Å². The highest BCUT2D eigenvalue weighted by molar-refractivity contribution is 6.02. The zero-order valence-corrected chi connectivity index (χ0v) is 17.2. The quantitative estimate of drug-likeness (QED) is 0.484. The smallest absolute Gasteiger partial charge is 0.425 e. The van der Waals surface area contributed by atoms with E-state index < -0.39 is 54.9 Å². The first-order chi connectivity index (χ1) is 15.7. The van der Waals surface area contributed by atoms with Gasteiger partial charge in [-0.3, -0.25) is 4.79 Å². The van der Waals surface area contributed by atoms with Crippen molar-refractivity contribution in [3.05, 3.63) is 47.8 Å². The molecule has 2 unspecified atom stereocenters. The van der Waals surface area contributed by atoms with E-state index in [2.05, 4.69) is 29.8 Å². The van der Waals surface area contributed by atoms with Crippen LogP contribution in [0.25, 0.3) is 0 Å². The van der Waals surface area contributed by atoms with Crippen molar-refractivity contribution in [1.29, 1.82) is 0 Å². The molecule has 0 aromatic carbocycles. The number of halogens is 7. The van der Waals surface area contributed by atoms with Crippen LogP contribution in [0.4, 0.5) is 36.4 Å². The fourth-order valence-electron chi connectivity index (χ4n) is 3.07. The molecule has 184 valence electrons. The van der Waals surface area contributed by atoms with Crippen molar-refractivity contribution in [1.82, 2.24) is 9.97 Å². The first-order valence-corrected chi connectivity index (χ1v) is 9.38. The van der Waals surface area contributed by atoms with Crippen LogP contribution in [0.15, 0.2) is 35.6 Å². The average Bonchev–Trinajstić information content (AvgIpc) is 2.72. The van der Waals surface area contributed by atoms with Gasteiger partial charge in [-0.05, 0) is 25.1 Å². The second kappa shape index (κ2) is 8.95. The van der Waals surface area contributed by atoms with Gasteiger partial charge in [-0.25, -0.2) is 15.0 Å². The average molecular weight is 495 g/mol. The lowest BCUT2D eigenvalue weighted by molar-refractivity contribution is -0.208. The highest BCUT2D eigenvalue weighted by Crippen LogP contribution is 2.41. The zero-order valence-electron chi connectivity index (χ0n) is 17.2. The Morgan fingerprint density at radius 3 is 2.53 bits per heavy atom. The molecule has 1 amide bonds. The number of nitrogens with one attached hydrogen (secondary N) is 1. The second-order valence-corrected chi connectivity index (χ2v) is 7.38. The second-order valence-electron chi connectivity index (χ2n) is 7.38. The third-order valence-electron chi connectivity index (χ3n) is 4.62. The van der Waals surface area contributed by atoms with Gasteiger partial charge in [0.2, 0.25) is 5.95 Å². The third-order valence-corrected chi connectivity index (χ3v) is 4.62. The minimum Gasteiger partial charge on any atom is -0.483 e. The number of amides is 1. The number of hydrogen-bond acceptors (Lipinski definition) is 7. The Morgan fingerprint density at radius 1 is 1.24 bits per heavy atom. The van der Waals surface area contributed by atoms with Crippen molar-refractivity contribution in [3.8, 4) is 5.75 Å². The lowest BCUT2D eigenvalue weighted by Gasteiger charge is -2.35. The van der Waals surface area contributed by atoms with E-state index in [1.165, 1.54) is 6.92 Å². The van der Waals surface area contributed by atoms with E-state index in [1.54, 1.807) is 0 Å². The van der Waals surface area contributed by atoms with Crippen LogP contribution in [0.1, 0.15) is 29.4 Å². The molecule has 15 heteroatoms. The number of aromatic nitrogens is 2. The molecule has 2 atom stereocenters. The van der Waals surface area contributed by atoms with Crippen molar-refractivity contribution in [2.24, 2.45) is 10.7 Å². The van der Waals surface area contributed by atoms with Gasteiger partial charge in [-0.2, -0.15) is 30.7 Å². The molecule has 2 aromatic rings. The van der Waals surface area contributed by atoms with Crippen LogP contribution < -0.4 is 15.8 Å². The number of carbonyl (C=O) groups excluding carboxylic acids is 1. The summed E-state index contributed by atoms with van der Waals surface area (Å²) in [5, 5.41) is 2.33. The van der Waals surface area contributed by atoms with E-state index >= 15 is 0 Å². The molecule has 0 fully saturated rings. The number of ether oxygens (including phenoxy) is 2. The maximum Gasteiger partial charge on any atom is 0.425 e. The molecular formula is C19H16F7N5O3. The van der Waals surface area contributed by atoms with Crippen molar-refractivity contribution < 1.29 is 45.0 Å². The number of amidine groups is 1. The molecule has 3 rings (SSSR count). The zero-order chi connectivity index (χ0) is 25.3. The van der Waals surface area contributed by atoms with E-state index in [4.69, 9.17) is 5.73 Å². The van der Waals surface area contributed by atoms with Gasteiger partial charge in [-0.1, -0.05) is 0 Å². The number of aliphatic imine (C=N–C) groups is 1. The fraction of sp³-hybridized carbons (Fsp3) is 0.368. The first kappa shape index (κ1) is 25.0. The molecule has 0 saturated carbocycles. The third kappa shape index (κ3) is 6.02. The van der Waals surface area contributed by atoms with E-state index in [0.717, 1.165) is 30.6 Å². The topological polar surface area (TPSA) is 112 Å². The number of nitrogens with zero attached hydrogens (tertiary/aromatic N) is 3. The molecule has 34 heavy (non-hydrogen) atoms. The Morgan fingerprint density at radius 2 is 1.94 bits per heavy atom. The summed E-state index contributed by atoms with van der Waals surface area (Å²) >= 11 is 0. The minimum atomic E-state index is -4.79. The van der Waals surface area contributed by atoms with Crippen molar-refractivity contribution in [2.45, 2.75) is 37.3 Å². The molecule has 2 aromatic heterocycles. The number of pyridine rings is 2. The van der Waals surface area contributed by atoms with E-state index in [0.29, 0.717) is 0 Å². The van der Waals surface area contributed by atoms with Gasteiger partial charge in [0.25, 0.3) is 11.9 Å². The molecule has 0 bridgehead atoms. The number of nitrogens with two attached hydrogens (primary N) is 1. The molecule has 3 N–H and O–H groups in total. The summed E-state index contributed by atoms with van der Waals surface area (Å²) in [5.41, 5.74) is 2.84. The van der Waals surface area contributed by atoms with Crippen molar-refractivity contribution >= 4 is 17.6 Å². The Balaban J connectivity index is 1.79. The predicted octanol–water partition coefficient (Wildman–Crippen LogP) is 3.69. The Labute approximate surface area is 187 Å². The molecule has 0 saturated heterocycles. The number of alkyl halides is 6. The molecule has 1 aliphatic rings. The summed E-state index contributed by atoms with van der Waals surface area (Å²) in [5.74, 6) is -2.22. The normalized spacial score (nSPS) is 20.8. The maximum atomic E-state index is 14.4. The van der Waals surface area contributed by atoms with Crippen LogP contribution in [0, 0.1) is 5.95 Å². The molecule has 0 spiro atoms. The van der Waals surface area contributed by atoms with E-state index in [1.807, 2.05) is 0 Å². The Kier molecular flexibility index (Phi) is 6.57. The number of rotatable bonds is 5. The van der Waals surface area contributed by atoms with Crippen LogP contribution in [0.5, 0.6) is 5.75 Å². The standard InChI is InChI=1S/C19H16F7N5O3/c1-17(5-13(19(24,25)26)34-16(27)31-17)11-4-9(6-29-14(11)20)30-15(32)12-3-2-10(7-28-12)33-8-18(21,22)23/h2-4,6-7,13H,5,8H2,1H3,(H2,27,31)(H,30,32). The summed E-state index contributed by atoms with van der Waals surface area (Å²) in [4.78, 5) is 23.3. The van der Waals surface area contributed by atoms with Crippen LogP contribution in [-0.4, -0.2) is 47.0 Å². The highest BCUT2D eigenvalue weighted by atomic mass is 19.4. The summed E-state index contributed by atoms with van der Waals surface area (Å²) < 4.78 is 99.6. The first-order valence-electron chi connectivity index (χ1n) is 9.38. The summed E-state index contributed by atoms with van der Waals surface area (Å²) in [7, 11) is 0. The molecular weight excluding hydrogens is 479 g/mol. The molecule has 0 aliphatic carbocycles. The van der Waals surface area contributed by atoms with Gasteiger partial charge in [0.05, 0.1) is 23.6 Å². The number of anilines is 1. The Hall–Kier alpha value is -3.65. The molecule has 8 nitrogen and oxygen atoms in total. The molecule has 0 radical (unpaired) electrons. The lowest BCUT2D eigenvalue weighted by Crippen LogP contribution is -2.46. The van der Waals surface area contributed by atoms with Gasteiger partial charge < -0.3 is 20.5 Å². The van der Waals surface area contributed by atoms with Crippen molar-refractivity contribution in [2.75, 3.05) is 11.9 Å². The van der Waals surface area contributed by atoms with Gasteiger partial charge in [-0.15, -0.1) is 0 Å². The van der Waals surface area contributed by atoms with Gasteiger partial charge >= 0.3 is 12.4 Å². The van der Waals surface area contributed by atoms with Crippen LogP contribution >= 0.6 is 0 Å². The molecule has 1 aliphatic heterocycles. The highest BCUT2D eigenvalue weighted by Gasteiger charge is 2.50. The van der Waals surface area contributed by atoms with E-state index in [9.17, 15) is 35.5 Å². The number of carbonyl (C=O) groups is 1. The SMILES string of the molecule is CC1(c2cc(NC(=O)c3ccc(OCC(F)(F)F)cn3)cnc2F)CC(C(F)(F)F)OC(N)=N1. The maximum absolute atomic E-state index is 14.4. The number of hydrogen-bond donors (Lipinski definition) is 2. The van der Waals surface area contributed by atoms with Crippen LogP contribution in [0.3, 0.4) is 0 Å². The fourth-order valence-corrected chi connectivity index (χ4v) is 3.07. The van der Waals surface area contributed by atoms with Gasteiger partial charge in [0.15, 0.2) is 12.7 Å². The van der Waals surface area contributed by atoms with Gasteiger partial charge in [0.1, 0.15) is 11.4 Å². The predicted molar refractivity (Wildman–Crippen MR) is 102 cm³/mol. The Bertz CT molecular complexity index is 1090. The van der Waals surface area contributed by atoms with Gasteiger partial charge in [0, 0.05) is 12.0 Å². The van der Waals surface area contributed by atoms with Crippen molar-refractivity contribution in [3.63, 3.8) is 0 Å². The lowest BCUT2D eigenvalue weighted by atomic mass is 9.86. The molecule has 3 heterocycles. The summed E-state index contributed by atoms with van der Waals surface area (Å²) in [6.07, 6.45) is -10.7.